The predicted octanol–water partition coefficient (Wildman–Crippen LogP) is 2.61. The van der Waals surface area contributed by atoms with E-state index in [1.54, 1.807) is 25.3 Å². The fourth-order valence-electron chi connectivity index (χ4n) is 1.86. The van der Waals surface area contributed by atoms with Crippen molar-refractivity contribution < 1.29 is 18.2 Å². The molecule has 0 saturated carbocycles. The van der Waals surface area contributed by atoms with Crippen LogP contribution >= 0.6 is 0 Å². The van der Waals surface area contributed by atoms with Crippen molar-refractivity contribution >= 4 is 11.1 Å². The van der Waals surface area contributed by atoms with Crippen molar-refractivity contribution in [3.63, 3.8) is 0 Å². The number of para-hydroxylation sites is 1. The van der Waals surface area contributed by atoms with E-state index in [1.165, 1.54) is 7.11 Å². The van der Waals surface area contributed by atoms with Crippen molar-refractivity contribution in [3.8, 4) is 22.6 Å². The molecule has 5 heteroatoms. The first-order valence-corrected chi connectivity index (χ1v) is 6.65. The Morgan fingerprint density at radius 2 is 1.68 bits per heavy atom. The summed E-state index contributed by atoms with van der Waals surface area (Å²) < 4.78 is 32.7. The third-order valence-corrected chi connectivity index (χ3v) is 3.44. The molecule has 4 nitrogen and oxygen atoms in total. The quantitative estimate of drug-likeness (QED) is 0.806. The highest BCUT2D eigenvalue weighted by atomic mass is 32.2. The van der Waals surface area contributed by atoms with Crippen LogP contribution in [0.5, 0.6) is 11.5 Å². The van der Waals surface area contributed by atoms with E-state index >= 15 is 0 Å². The number of hydrogen-bond acceptors (Lipinski definition) is 4. The van der Waals surface area contributed by atoms with Crippen LogP contribution in [0.4, 0.5) is 0 Å². The Labute approximate surface area is 114 Å². The first kappa shape index (κ1) is 13.6. The zero-order valence-corrected chi connectivity index (χ0v) is 11.4. The topological polar surface area (TPSA) is 58.6 Å². The molecule has 0 radical (unpaired) electrons. The molecule has 0 amide bonds. The van der Waals surface area contributed by atoms with Crippen LogP contribution in [0, 0.1) is 0 Å². The van der Waals surface area contributed by atoms with E-state index in [9.17, 15) is 8.76 Å². The Morgan fingerprint density at radius 3 is 2.32 bits per heavy atom. The third kappa shape index (κ3) is 2.77. The lowest BCUT2D eigenvalue weighted by molar-refractivity contribution is 0.401. The summed E-state index contributed by atoms with van der Waals surface area (Å²) in [6, 6.07) is 12.4. The molecule has 0 aliphatic carbocycles. The largest absolute Gasteiger partial charge is 0.768 e. The van der Waals surface area contributed by atoms with E-state index in [0.29, 0.717) is 11.5 Å². The molecular formula is C14H13O4S-. The van der Waals surface area contributed by atoms with Gasteiger partial charge in [0.15, 0.2) is 0 Å². The summed E-state index contributed by atoms with van der Waals surface area (Å²) in [4.78, 5) is 0.130. The highest BCUT2D eigenvalue weighted by Crippen LogP contribution is 2.33. The van der Waals surface area contributed by atoms with Gasteiger partial charge in [-0.1, -0.05) is 24.3 Å². The van der Waals surface area contributed by atoms with E-state index in [1.807, 2.05) is 24.3 Å². The lowest BCUT2D eigenvalue weighted by atomic mass is 10.0. The second-order valence-electron chi connectivity index (χ2n) is 3.80. The molecule has 0 N–H and O–H groups in total. The van der Waals surface area contributed by atoms with Crippen molar-refractivity contribution in [2.45, 2.75) is 4.90 Å². The second-order valence-corrected chi connectivity index (χ2v) is 4.71. The molecule has 0 aromatic heterocycles. The Morgan fingerprint density at radius 1 is 1.00 bits per heavy atom. The molecule has 19 heavy (non-hydrogen) atoms. The lowest BCUT2D eigenvalue weighted by Gasteiger charge is -2.14. The molecule has 0 aliphatic rings. The molecule has 2 aromatic rings. The number of benzene rings is 2. The zero-order valence-electron chi connectivity index (χ0n) is 10.6. The lowest BCUT2D eigenvalue weighted by Crippen LogP contribution is -1.96. The summed E-state index contributed by atoms with van der Waals surface area (Å²) in [7, 11) is 3.02. The van der Waals surface area contributed by atoms with Gasteiger partial charge in [-0.3, -0.25) is 4.21 Å². The van der Waals surface area contributed by atoms with Gasteiger partial charge in [0.25, 0.3) is 0 Å². The SMILES string of the molecule is COc1ccccc1-c1ccc(OC)c(S(=O)[O-])c1. The Kier molecular flexibility index (Phi) is 4.19. The number of ether oxygens (including phenoxy) is 2. The van der Waals surface area contributed by atoms with Crippen LogP contribution in [0.15, 0.2) is 47.4 Å². The molecule has 0 saturated heterocycles. The third-order valence-electron chi connectivity index (χ3n) is 2.76. The number of rotatable bonds is 4. The van der Waals surface area contributed by atoms with Crippen LogP contribution in [-0.4, -0.2) is 23.0 Å². The highest BCUT2D eigenvalue weighted by Gasteiger charge is 2.09. The molecule has 1 unspecified atom stereocenters. The van der Waals surface area contributed by atoms with Gasteiger partial charge in [0.05, 0.1) is 19.1 Å². The minimum atomic E-state index is -2.35. The van der Waals surface area contributed by atoms with Gasteiger partial charge in [-0.15, -0.1) is 0 Å². The maximum Gasteiger partial charge on any atom is 0.133 e. The van der Waals surface area contributed by atoms with Gasteiger partial charge in [-0.05, 0) is 34.8 Å². The molecule has 0 aliphatic heterocycles. The van der Waals surface area contributed by atoms with Gasteiger partial charge in [-0.25, -0.2) is 0 Å². The normalized spacial score (nSPS) is 11.9. The summed E-state index contributed by atoms with van der Waals surface area (Å²) in [6.45, 7) is 0. The van der Waals surface area contributed by atoms with Crippen LogP contribution in [0.1, 0.15) is 0 Å². The molecule has 0 bridgehead atoms. The van der Waals surface area contributed by atoms with E-state index in [-0.39, 0.29) is 4.90 Å². The van der Waals surface area contributed by atoms with Crippen LogP contribution < -0.4 is 9.47 Å². The number of methoxy groups -OCH3 is 2. The summed E-state index contributed by atoms with van der Waals surface area (Å²) in [5, 5.41) is 0. The van der Waals surface area contributed by atoms with Gasteiger partial charge in [0, 0.05) is 5.56 Å². The smallest absolute Gasteiger partial charge is 0.133 e. The zero-order chi connectivity index (χ0) is 13.8. The maximum absolute atomic E-state index is 11.2. The summed E-state index contributed by atoms with van der Waals surface area (Å²) in [5.74, 6) is 1.02. The number of hydrogen-bond donors (Lipinski definition) is 0. The molecule has 2 rings (SSSR count). The highest BCUT2D eigenvalue weighted by molar-refractivity contribution is 7.79. The van der Waals surface area contributed by atoms with Crippen molar-refractivity contribution in [1.29, 1.82) is 0 Å². The Hall–Kier alpha value is -1.85. The average molecular weight is 277 g/mol. The Bertz CT molecular complexity index is 610. The Balaban J connectivity index is 2.57. The van der Waals surface area contributed by atoms with Crippen molar-refractivity contribution in [2.75, 3.05) is 14.2 Å². The molecule has 100 valence electrons. The molecule has 0 heterocycles. The minimum absolute atomic E-state index is 0.130. The predicted molar refractivity (Wildman–Crippen MR) is 72.2 cm³/mol. The van der Waals surface area contributed by atoms with Gasteiger partial charge in [-0.2, -0.15) is 0 Å². The molecule has 2 aromatic carbocycles. The first-order chi connectivity index (χ1) is 9.17. The minimum Gasteiger partial charge on any atom is -0.768 e. The van der Waals surface area contributed by atoms with E-state index in [4.69, 9.17) is 9.47 Å². The molecule has 0 fully saturated rings. The van der Waals surface area contributed by atoms with E-state index in [0.717, 1.165) is 11.1 Å². The average Bonchev–Trinajstić information content (AvgIpc) is 2.46. The molecule has 0 spiro atoms. The summed E-state index contributed by atoms with van der Waals surface area (Å²) in [6.07, 6.45) is 0. The molecule has 1 atom stereocenters. The maximum atomic E-state index is 11.2. The summed E-state index contributed by atoms with van der Waals surface area (Å²) in [5.41, 5.74) is 1.59. The van der Waals surface area contributed by atoms with Crippen LogP contribution in [0.3, 0.4) is 0 Å². The van der Waals surface area contributed by atoms with Gasteiger partial charge >= 0.3 is 0 Å². The standard InChI is InChI=1S/C14H14O4S/c1-17-12-6-4-3-5-11(12)10-7-8-13(18-2)14(9-10)19(15)16/h3-9H,1-2H3,(H,15,16)/p-1. The van der Waals surface area contributed by atoms with Crippen molar-refractivity contribution in [2.24, 2.45) is 0 Å². The fourth-order valence-corrected chi connectivity index (χ4v) is 2.40. The second kappa shape index (κ2) is 5.86. The monoisotopic (exact) mass is 277 g/mol. The summed E-state index contributed by atoms with van der Waals surface area (Å²) >= 11 is -2.35. The van der Waals surface area contributed by atoms with Gasteiger partial charge in [0.2, 0.25) is 0 Å². The van der Waals surface area contributed by atoms with Gasteiger partial charge < -0.3 is 14.0 Å². The van der Waals surface area contributed by atoms with Gasteiger partial charge in [0.1, 0.15) is 11.5 Å². The van der Waals surface area contributed by atoms with Crippen molar-refractivity contribution in [1.82, 2.24) is 0 Å². The van der Waals surface area contributed by atoms with Crippen molar-refractivity contribution in [3.05, 3.63) is 42.5 Å². The van der Waals surface area contributed by atoms with Crippen LogP contribution in [0.25, 0.3) is 11.1 Å². The first-order valence-electron chi connectivity index (χ1n) is 5.58. The van der Waals surface area contributed by atoms with Crippen LogP contribution in [-0.2, 0) is 11.1 Å². The van der Waals surface area contributed by atoms with Crippen LogP contribution in [0.2, 0.25) is 0 Å². The van der Waals surface area contributed by atoms with E-state index < -0.39 is 11.1 Å². The molecular weight excluding hydrogens is 264 g/mol. The van der Waals surface area contributed by atoms with E-state index in [2.05, 4.69) is 0 Å². The fraction of sp³-hybridized carbons (Fsp3) is 0.143.